The Hall–Kier alpha value is -1.32. The molecule has 0 fully saturated rings. The largest absolute Gasteiger partial charge is 0.457 e. The quantitative estimate of drug-likeness (QED) is 0.592. The van der Waals surface area contributed by atoms with E-state index < -0.39 is 0 Å². The van der Waals surface area contributed by atoms with Crippen LogP contribution >= 0.6 is 11.6 Å². The van der Waals surface area contributed by atoms with E-state index in [9.17, 15) is 4.79 Å². The molecule has 1 aromatic rings. The van der Waals surface area contributed by atoms with Gasteiger partial charge in [-0.3, -0.25) is 0 Å². The number of allylic oxidation sites excluding steroid dienone is 1. The Morgan fingerprint density at radius 1 is 1.32 bits per heavy atom. The maximum absolute atomic E-state index is 11.8. The van der Waals surface area contributed by atoms with Crippen molar-refractivity contribution >= 4 is 17.6 Å². The van der Waals surface area contributed by atoms with Crippen LogP contribution < -0.4 is 0 Å². The highest BCUT2D eigenvalue weighted by molar-refractivity contribution is 6.29. The standard InChI is InChI=1S/C15H21ClNO2/c1-13(16)9-10-17(2,3)11-15(18)19-12-14-7-5-4-6-8-14/h4-9H,10-12H2,1-3H3/q+1/b13-9-. The van der Waals surface area contributed by atoms with Gasteiger partial charge in [0.05, 0.1) is 20.6 Å². The molecule has 0 atom stereocenters. The molecule has 0 radical (unpaired) electrons. The fraction of sp³-hybridized carbons (Fsp3) is 0.400. The van der Waals surface area contributed by atoms with Crippen molar-refractivity contribution in [3.05, 3.63) is 47.0 Å². The minimum absolute atomic E-state index is 0.200. The lowest BCUT2D eigenvalue weighted by atomic mass is 10.2. The molecule has 0 unspecified atom stereocenters. The lowest BCUT2D eigenvalue weighted by Crippen LogP contribution is -2.44. The van der Waals surface area contributed by atoms with E-state index in [4.69, 9.17) is 16.3 Å². The number of benzene rings is 1. The second-order valence-electron chi connectivity index (χ2n) is 5.21. The SMILES string of the molecule is C/C(Cl)=C/C[N+](C)(C)CC(=O)OCc1ccccc1. The predicted molar refractivity (Wildman–Crippen MR) is 77.7 cm³/mol. The third-order valence-electron chi connectivity index (χ3n) is 2.67. The zero-order valence-corrected chi connectivity index (χ0v) is 12.5. The van der Waals surface area contributed by atoms with E-state index >= 15 is 0 Å². The molecule has 19 heavy (non-hydrogen) atoms. The van der Waals surface area contributed by atoms with Crippen molar-refractivity contribution in [1.82, 2.24) is 0 Å². The maximum Gasteiger partial charge on any atom is 0.362 e. The molecule has 0 saturated carbocycles. The molecule has 1 aromatic carbocycles. The Morgan fingerprint density at radius 2 is 1.95 bits per heavy atom. The number of quaternary nitrogens is 1. The number of carbonyl (C=O) groups is 1. The van der Waals surface area contributed by atoms with Gasteiger partial charge < -0.3 is 9.22 Å². The lowest BCUT2D eigenvalue weighted by Gasteiger charge is -2.27. The van der Waals surface area contributed by atoms with Crippen molar-refractivity contribution in [1.29, 1.82) is 0 Å². The van der Waals surface area contributed by atoms with Gasteiger partial charge in [0.25, 0.3) is 0 Å². The zero-order chi connectivity index (χ0) is 14.3. The van der Waals surface area contributed by atoms with Gasteiger partial charge in [-0.1, -0.05) is 41.9 Å². The number of nitrogens with zero attached hydrogens (tertiary/aromatic N) is 1. The number of rotatable bonds is 6. The second-order valence-corrected chi connectivity index (χ2v) is 5.81. The van der Waals surface area contributed by atoms with Gasteiger partial charge in [-0.15, -0.1) is 0 Å². The minimum atomic E-state index is -0.200. The summed E-state index contributed by atoms with van der Waals surface area (Å²) < 4.78 is 5.79. The molecule has 0 aromatic heterocycles. The van der Waals surface area contributed by atoms with E-state index in [0.29, 0.717) is 24.2 Å². The summed E-state index contributed by atoms with van der Waals surface area (Å²) in [5, 5.41) is 0.740. The first-order valence-electron chi connectivity index (χ1n) is 6.23. The molecule has 0 amide bonds. The van der Waals surface area contributed by atoms with Crippen LogP contribution in [0, 0.1) is 0 Å². The Morgan fingerprint density at radius 3 is 2.53 bits per heavy atom. The average molecular weight is 283 g/mol. The smallest absolute Gasteiger partial charge is 0.362 e. The van der Waals surface area contributed by atoms with Crippen molar-refractivity contribution in [2.24, 2.45) is 0 Å². The summed E-state index contributed by atoms with van der Waals surface area (Å²) in [7, 11) is 3.94. The highest BCUT2D eigenvalue weighted by Crippen LogP contribution is 2.05. The molecule has 0 bridgehead atoms. The Labute approximate surface area is 120 Å². The highest BCUT2D eigenvalue weighted by Gasteiger charge is 2.19. The Balaban J connectivity index is 2.40. The highest BCUT2D eigenvalue weighted by atomic mass is 35.5. The van der Waals surface area contributed by atoms with E-state index in [2.05, 4.69) is 0 Å². The molecule has 0 N–H and O–H groups in total. The number of hydrogen-bond donors (Lipinski definition) is 0. The normalized spacial score (nSPS) is 12.3. The number of likely N-dealkylation sites (N-methyl/N-ethyl adjacent to an activating group) is 1. The summed E-state index contributed by atoms with van der Waals surface area (Å²) in [6.45, 7) is 3.18. The first-order valence-corrected chi connectivity index (χ1v) is 6.61. The van der Waals surface area contributed by atoms with Crippen LogP contribution in [0.25, 0.3) is 0 Å². The molecule has 4 heteroatoms. The molecule has 0 saturated heterocycles. The second kappa shape index (κ2) is 7.31. The fourth-order valence-electron chi connectivity index (χ4n) is 1.57. The summed E-state index contributed by atoms with van der Waals surface area (Å²) in [6.07, 6.45) is 1.91. The predicted octanol–water partition coefficient (Wildman–Crippen LogP) is 2.95. The molecule has 0 aliphatic rings. The van der Waals surface area contributed by atoms with Gasteiger partial charge in [-0.2, -0.15) is 0 Å². The molecule has 104 valence electrons. The summed E-state index contributed by atoms with van der Waals surface area (Å²) in [6, 6.07) is 9.67. The number of esters is 1. The number of hydrogen-bond acceptors (Lipinski definition) is 2. The van der Waals surface area contributed by atoms with Crippen LogP contribution in [-0.2, 0) is 16.1 Å². The monoisotopic (exact) mass is 282 g/mol. The van der Waals surface area contributed by atoms with Gasteiger partial charge in [0, 0.05) is 5.03 Å². The van der Waals surface area contributed by atoms with Gasteiger partial charge in [-0.25, -0.2) is 4.79 Å². The van der Waals surface area contributed by atoms with Crippen LogP contribution in [0.2, 0.25) is 0 Å². The van der Waals surface area contributed by atoms with Crippen LogP contribution in [-0.4, -0.2) is 37.6 Å². The lowest BCUT2D eigenvalue weighted by molar-refractivity contribution is -0.877. The van der Waals surface area contributed by atoms with E-state index in [1.165, 1.54) is 0 Å². The third kappa shape index (κ3) is 6.99. The van der Waals surface area contributed by atoms with Crippen LogP contribution in [0.4, 0.5) is 0 Å². The topological polar surface area (TPSA) is 26.3 Å². The molecule has 0 aliphatic heterocycles. The molecule has 0 heterocycles. The number of ether oxygens (including phenoxy) is 1. The molecular formula is C15H21ClNO2+. The van der Waals surface area contributed by atoms with Crippen LogP contribution in [0.1, 0.15) is 12.5 Å². The fourth-order valence-corrected chi connectivity index (χ4v) is 1.64. The van der Waals surface area contributed by atoms with Gasteiger partial charge in [0.2, 0.25) is 0 Å². The van der Waals surface area contributed by atoms with E-state index in [1.807, 2.05) is 57.4 Å². The van der Waals surface area contributed by atoms with Crippen molar-refractivity contribution in [2.45, 2.75) is 13.5 Å². The summed E-state index contributed by atoms with van der Waals surface area (Å²) >= 11 is 5.80. The molecule has 0 spiro atoms. The van der Waals surface area contributed by atoms with Crippen LogP contribution in [0.3, 0.4) is 0 Å². The van der Waals surface area contributed by atoms with Crippen molar-refractivity contribution in [2.75, 3.05) is 27.2 Å². The van der Waals surface area contributed by atoms with Gasteiger partial charge in [0.1, 0.15) is 6.61 Å². The molecular weight excluding hydrogens is 262 g/mol. The Bertz CT molecular complexity index is 437. The summed E-state index contributed by atoms with van der Waals surface area (Å²) in [5.41, 5.74) is 0.998. The summed E-state index contributed by atoms with van der Waals surface area (Å²) in [5.74, 6) is -0.200. The molecule has 1 rings (SSSR count). The van der Waals surface area contributed by atoms with E-state index in [0.717, 1.165) is 10.6 Å². The van der Waals surface area contributed by atoms with Crippen molar-refractivity contribution in [3.8, 4) is 0 Å². The molecule has 3 nitrogen and oxygen atoms in total. The average Bonchev–Trinajstić information content (AvgIpc) is 2.35. The number of carbonyl (C=O) groups excluding carboxylic acids is 1. The third-order valence-corrected chi connectivity index (χ3v) is 2.82. The first-order chi connectivity index (χ1) is 8.89. The van der Waals surface area contributed by atoms with Crippen LogP contribution in [0.5, 0.6) is 0 Å². The zero-order valence-electron chi connectivity index (χ0n) is 11.7. The minimum Gasteiger partial charge on any atom is -0.457 e. The summed E-state index contributed by atoms with van der Waals surface area (Å²) in [4.78, 5) is 11.8. The first kappa shape index (κ1) is 15.7. The van der Waals surface area contributed by atoms with Gasteiger partial charge in [0.15, 0.2) is 6.54 Å². The van der Waals surface area contributed by atoms with Crippen molar-refractivity contribution < 1.29 is 14.0 Å². The number of halogens is 1. The van der Waals surface area contributed by atoms with Crippen LogP contribution in [0.15, 0.2) is 41.4 Å². The van der Waals surface area contributed by atoms with Gasteiger partial charge >= 0.3 is 5.97 Å². The Kier molecular flexibility index (Phi) is 6.06. The van der Waals surface area contributed by atoms with E-state index in [1.54, 1.807) is 0 Å². The van der Waals surface area contributed by atoms with Crippen molar-refractivity contribution in [3.63, 3.8) is 0 Å². The van der Waals surface area contributed by atoms with Gasteiger partial charge in [-0.05, 0) is 18.6 Å². The molecule has 0 aliphatic carbocycles. The maximum atomic E-state index is 11.8. The van der Waals surface area contributed by atoms with E-state index in [-0.39, 0.29) is 5.97 Å².